The van der Waals surface area contributed by atoms with E-state index in [4.69, 9.17) is 5.11 Å². The van der Waals surface area contributed by atoms with Crippen molar-refractivity contribution in [2.24, 2.45) is 0 Å². The topological polar surface area (TPSA) is 49.3 Å². The summed E-state index contributed by atoms with van der Waals surface area (Å²) in [7, 11) is 0. The molecule has 0 heterocycles. The number of hydrogen-bond donors (Lipinski definition) is 2. The molecule has 1 aromatic rings. The Bertz CT molecular complexity index is 315. The second-order valence-electron chi connectivity index (χ2n) is 3.17. The fraction of sp³-hybridized carbons (Fsp3) is 0.364. The fourth-order valence-electron chi connectivity index (χ4n) is 1.17. The zero-order valence-electron chi connectivity index (χ0n) is 8.69. The summed E-state index contributed by atoms with van der Waals surface area (Å²) in [6, 6.07) is 6.87. The van der Waals surface area contributed by atoms with Gasteiger partial charge in [-0.2, -0.15) is 0 Å². The molecule has 0 spiro atoms. The average Bonchev–Trinajstić information content (AvgIpc) is 2.19. The number of nitrogens with one attached hydrogen (secondary N) is 1. The Labute approximate surface area is 95.9 Å². The smallest absolute Gasteiger partial charge is 0.335 e. The van der Waals surface area contributed by atoms with Crippen molar-refractivity contribution in [2.75, 3.05) is 11.9 Å². The molecule has 15 heavy (non-hydrogen) atoms. The van der Waals surface area contributed by atoms with E-state index in [0.29, 0.717) is 5.56 Å². The molecule has 1 aromatic carbocycles. The van der Waals surface area contributed by atoms with Gasteiger partial charge in [-0.3, -0.25) is 0 Å². The summed E-state index contributed by atoms with van der Waals surface area (Å²) in [4.78, 5) is 10.7. The van der Waals surface area contributed by atoms with Gasteiger partial charge in [0.25, 0.3) is 0 Å². The molecule has 2 N–H and O–H groups in total. The maximum absolute atomic E-state index is 10.7. The molecule has 0 unspecified atom stereocenters. The zero-order valence-corrected chi connectivity index (χ0v) is 9.51. The highest BCUT2D eigenvalue weighted by atomic mass is 35.5. The van der Waals surface area contributed by atoms with Gasteiger partial charge in [0.05, 0.1) is 5.56 Å². The molecular weight excluding hydrogens is 214 g/mol. The van der Waals surface area contributed by atoms with E-state index < -0.39 is 5.97 Å². The van der Waals surface area contributed by atoms with E-state index in [-0.39, 0.29) is 12.4 Å². The van der Waals surface area contributed by atoms with Crippen molar-refractivity contribution in [1.29, 1.82) is 0 Å². The van der Waals surface area contributed by atoms with Crippen LogP contribution in [0.2, 0.25) is 0 Å². The number of carboxylic acid groups (broad SMARTS) is 1. The Balaban J connectivity index is 0.00000196. The third-order valence-electron chi connectivity index (χ3n) is 1.97. The molecule has 0 bridgehead atoms. The summed E-state index contributed by atoms with van der Waals surface area (Å²) >= 11 is 0. The zero-order chi connectivity index (χ0) is 10.4. The van der Waals surface area contributed by atoms with Crippen molar-refractivity contribution < 1.29 is 9.90 Å². The fourth-order valence-corrected chi connectivity index (χ4v) is 1.17. The molecule has 0 amide bonds. The maximum atomic E-state index is 10.7. The van der Waals surface area contributed by atoms with E-state index in [1.807, 2.05) is 6.07 Å². The van der Waals surface area contributed by atoms with E-state index in [9.17, 15) is 4.79 Å². The van der Waals surface area contributed by atoms with Gasteiger partial charge in [-0.15, -0.1) is 12.4 Å². The number of aromatic carboxylic acids is 1. The summed E-state index contributed by atoms with van der Waals surface area (Å²) in [6.07, 6.45) is 2.23. The minimum atomic E-state index is -0.885. The van der Waals surface area contributed by atoms with Crippen LogP contribution >= 0.6 is 12.4 Å². The first-order valence-electron chi connectivity index (χ1n) is 4.81. The first-order valence-corrected chi connectivity index (χ1v) is 4.81. The van der Waals surface area contributed by atoms with Crippen LogP contribution in [0, 0.1) is 0 Å². The summed E-state index contributed by atoms with van der Waals surface area (Å²) in [5.74, 6) is -0.885. The molecular formula is C11H16ClNO2. The molecule has 0 radical (unpaired) electrons. The van der Waals surface area contributed by atoms with Crippen molar-refractivity contribution in [2.45, 2.75) is 19.8 Å². The van der Waals surface area contributed by atoms with Crippen LogP contribution in [0.5, 0.6) is 0 Å². The summed E-state index contributed by atoms with van der Waals surface area (Å²) < 4.78 is 0. The van der Waals surface area contributed by atoms with Crippen molar-refractivity contribution >= 4 is 24.1 Å². The molecule has 84 valence electrons. The maximum Gasteiger partial charge on any atom is 0.335 e. The van der Waals surface area contributed by atoms with Gasteiger partial charge in [0.15, 0.2) is 0 Å². The highest BCUT2D eigenvalue weighted by Gasteiger charge is 2.01. The summed E-state index contributed by atoms with van der Waals surface area (Å²) in [5, 5.41) is 11.9. The Morgan fingerprint density at radius 1 is 1.47 bits per heavy atom. The molecule has 0 aliphatic carbocycles. The minimum absolute atomic E-state index is 0. The van der Waals surface area contributed by atoms with Crippen LogP contribution in [0.4, 0.5) is 5.69 Å². The number of anilines is 1. The average molecular weight is 230 g/mol. The lowest BCUT2D eigenvalue weighted by molar-refractivity contribution is 0.0697. The van der Waals surface area contributed by atoms with Crippen molar-refractivity contribution in [3.05, 3.63) is 29.8 Å². The number of benzene rings is 1. The van der Waals surface area contributed by atoms with Crippen LogP contribution in [-0.4, -0.2) is 17.6 Å². The molecule has 0 aliphatic rings. The van der Waals surface area contributed by atoms with E-state index >= 15 is 0 Å². The third-order valence-corrected chi connectivity index (χ3v) is 1.97. The van der Waals surface area contributed by atoms with Gasteiger partial charge in [0.1, 0.15) is 0 Å². The predicted octanol–water partition coefficient (Wildman–Crippen LogP) is 3.02. The molecule has 0 fully saturated rings. The molecule has 0 saturated carbocycles. The van der Waals surface area contributed by atoms with Crippen LogP contribution < -0.4 is 5.32 Å². The third kappa shape index (κ3) is 4.70. The highest BCUT2D eigenvalue weighted by molar-refractivity contribution is 5.88. The van der Waals surface area contributed by atoms with Gasteiger partial charge in [-0.1, -0.05) is 19.4 Å². The number of rotatable bonds is 5. The number of hydrogen-bond acceptors (Lipinski definition) is 2. The van der Waals surface area contributed by atoms with Gasteiger partial charge < -0.3 is 10.4 Å². The standard InChI is InChI=1S/C11H15NO2.ClH/c1-2-3-7-12-10-6-4-5-9(8-10)11(13)14;/h4-6,8,12H,2-3,7H2,1H3,(H,13,14);1H. The highest BCUT2D eigenvalue weighted by Crippen LogP contribution is 2.10. The van der Waals surface area contributed by atoms with E-state index in [1.54, 1.807) is 18.2 Å². The number of carbonyl (C=O) groups is 1. The quantitative estimate of drug-likeness (QED) is 0.764. The van der Waals surface area contributed by atoms with Gasteiger partial charge in [0.2, 0.25) is 0 Å². The Hall–Kier alpha value is -1.22. The van der Waals surface area contributed by atoms with Crippen LogP contribution in [0.1, 0.15) is 30.1 Å². The van der Waals surface area contributed by atoms with Gasteiger partial charge in [0, 0.05) is 12.2 Å². The van der Waals surface area contributed by atoms with E-state index in [0.717, 1.165) is 25.1 Å². The van der Waals surface area contributed by atoms with Gasteiger partial charge >= 0.3 is 5.97 Å². The lowest BCUT2D eigenvalue weighted by Gasteiger charge is -2.05. The Kier molecular flexibility index (Phi) is 6.54. The monoisotopic (exact) mass is 229 g/mol. The molecule has 0 atom stereocenters. The van der Waals surface area contributed by atoms with Crippen LogP contribution in [0.3, 0.4) is 0 Å². The van der Waals surface area contributed by atoms with Crippen molar-refractivity contribution in [3.8, 4) is 0 Å². The van der Waals surface area contributed by atoms with Crippen LogP contribution in [0.25, 0.3) is 0 Å². The molecule has 0 aliphatic heterocycles. The SMILES string of the molecule is CCCCNc1cccc(C(=O)O)c1.Cl. The van der Waals surface area contributed by atoms with Crippen molar-refractivity contribution in [3.63, 3.8) is 0 Å². The lowest BCUT2D eigenvalue weighted by Crippen LogP contribution is -2.02. The number of carboxylic acids is 1. The van der Waals surface area contributed by atoms with E-state index in [2.05, 4.69) is 12.2 Å². The van der Waals surface area contributed by atoms with E-state index in [1.165, 1.54) is 0 Å². The number of unbranched alkanes of at least 4 members (excludes halogenated alkanes) is 1. The first-order chi connectivity index (χ1) is 6.74. The summed E-state index contributed by atoms with van der Waals surface area (Å²) in [6.45, 7) is 3.01. The Morgan fingerprint density at radius 2 is 2.20 bits per heavy atom. The second-order valence-corrected chi connectivity index (χ2v) is 3.17. The van der Waals surface area contributed by atoms with Crippen LogP contribution in [0.15, 0.2) is 24.3 Å². The van der Waals surface area contributed by atoms with Crippen LogP contribution in [-0.2, 0) is 0 Å². The minimum Gasteiger partial charge on any atom is -0.478 e. The molecule has 0 saturated heterocycles. The lowest BCUT2D eigenvalue weighted by atomic mass is 10.2. The molecule has 1 rings (SSSR count). The largest absolute Gasteiger partial charge is 0.478 e. The molecule has 0 aromatic heterocycles. The van der Waals surface area contributed by atoms with Gasteiger partial charge in [-0.25, -0.2) is 4.79 Å². The summed E-state index contributed by atoms with van der Waals surface area (Å²) in [5.41, 5.74) is 1.20. The van der Waals surface area contributed by atoms with Gasteiger partial charge in [-0.05, 0) is 24.6 Å². The van der Waals surface area contributed by atoms with Crippen molar-refractivity contribution in [1.82, 2.24) is 0 Å². The second kappa shape index (κ2) is 7.12. The molecule has 4 heteroatoms. The predicted molar refractivity (Wildman–Crippen MR) is 64.0 cm³/mol. The number of halogens is 1. The normalized spacial score (nSPS) is 9.13. The molecule has 3 nitrogen and oxygen atoms in total. The first kappa shape index (κ1) is 13.8. The Morgan fingerprint density at radius 3 is 2.80 bits per heavy atom.